The van der Waals surface area contributed by atoms with Gasteiger partial charge < -0.3 is 10.6 Å². The summed E-state index contributed by atoms with van der Waals surface area (Å²) in [6.07, 6.45) is 2.13. The van der Waals surface area contributed by atoms with Gasteiger partial charge in [0.25, 0.3) is 0 Å². The molecule has 0 bridgehead atoms. The van der Waals surface area contributed by atoms with Crippen LogP contribution in [-0.2, 0) is 0 Å². The number of thiocarbonyl (C=S) groups is 1. The first-order chi connectivity index (χ1) is 8.52. The maximum atomic E-state index is 14.3. The summed E-state index contributed by atoms with van der Waals surface area (Å²) >= 11 is 8.11. The second kappa shape index (κ2) is 7.04. The van der Waals surface area contributed by atoms with Crippen LogP contribution in [0.5, 0.6) is 0 Å². The van der Waals surface area contributed by atoms with Crippen LogP contribution < -0.4 is 10.6 Å². The lowest BCUT2D eigenvalue weighted by Crippen LogP contribution is -2.25. The molecule has 0 aliphatic heterocycles. The second-order valence-electron chi connectivity index (χ2n) is 4.06. The number of hydrogen-bond donors (Lipinski definition) is 1. The highest BCUT2D eigenvalue weighted by Crippen LogP contribution is 2.29. The molecule has 0 heterocycles. The molecule has 0 saturated carbocycles. The zero-order valence-electron chi connectivity index (χ0n) is 10.7. The van der Waals surface area contributed by atoms with Crippen LogP contribution in [0.3, 0.4) is 0 Å². The van der Waals surface area contributed by atoms with Crippen molar-refractivity contribution in [3.05, 3.63) is 28.0 Å². The van der Waals surface area contributed by atoms with E-state index in [-0.39, 0.29) is 10.8 Å². The number of halogens is 2. The normalized spacial score (nSPS) is 10.4. The minimum atomic E-state index is -0.293. The fourth-order valence-corrected chi connectivity index (χ4v) is 2.62. The van der Waals surface area contributed by atoms with E-state index in [4.69, 9.17) is 18.0 Å². The molecule has 2 nitrogen and oxygen atoms in total. The summed E-state index contributed by atoms with van der Waals surface area (Å²) in [4.78, 5) is 2.22. The Bertz CT molecular complexity index is 437. The summed E-state index contributed by atoms with van der Waals surface area (Å²) in [5, 5.41) is 0. The number of nitrogens with zero attached hydrogens (tertiary/aromatic N) is 1. The van der Waals surface area contributed by atoms with E-state index < -0.39 is 0 Å². The van der Waals surface area contributed by atoms with E-state index >= 15 is 0 Å². The molecule has 0 saturated heterocycles. The highest BCUT2D eigenvalue weighted by atomic mass is 79.9. The molecule has 1 rings (SSSR count). The van der Waals surface area contributed by atoms with Crippen LogP contribution in [-0.4, -0.2) is 18.1 Å². The number of rotatable bonds is 6. The summed E-state index contributed by atoms with van der Waals surface area (Å²) in [5.74, 6) is -0.293. The van der Waals surface area contributed by atoms with E-state index in [1.54, 1.807) is 12.1 Å². The molecule has 18 heavy (non-hydrogen) atoms. The molecule has 1 aromatic carbocycles. The minimum Gasteiger partial charge on any atom is -0.389 e. The average Bonchev–Trinajstić information content (AvgIpc) is 2.34. The fourth-order valence-electron chi connectivity index (χ4n) is 1.77. The van der Waals surface area contributed by atoms with Crippen LogP contribution in [0.4, 0.5) is 10.1 Å². The van der Waals surface area contributed by atoms with Gasteiger partial charge >= 0.3 is 0 Å². The molecule has 0 fully saturated rings. The zero-order valence-corrected chi connectivity index (χ0v) is 13.1. The topological polar surface area (TPSA) is 29.3 Å². The molecule has 0 radical (unpaired) electrons. The van der Waals surface area contributed by atoms with Crippen LogP contribution in [0, 0.1) is 5.82 Å². The van der Waals surface area contributed by atoms with Gasteiger partial charge in [0.05, 0.1) is 10.2 Å². The Hall–Kier alpha value is -0.680. The molecule has 0 aliphatic rings. The number of hydrogen-bond acceptors (Lipinski definition) is 2. The molecule has 0 unspecified atom stereocenters. The molecule has 5 heteroatoms. The predicted molar refractivity (Wildman–Crippen MR) is 82.8 cm³/mol. The van der Waals surface area contributed by atoms with Crippen LogP contribution in [0.15, 0.2) is 16.6 Å². The molecular formula is C13H18BrFN2S. The van der Waals surface area contributed by atoms with Crippen molar-refractivity contribution >= 4 is 38.8 Å². The van der Waals surface area contributed by atoms with Gasteiger partial charge in [0.1, 0.15) is 4.99 Å². The van der Waals surface area contributed by atoms with Crippen LogP contribution in [0.25, 0.3) is 0 Å². The summed E-state index contributed by atoms with van der Waals surface area (Å²) < 4.78 is 14.6. The van der Waals surface area contributed by atoms with Crippen LogP contribution in [0.2, 0.25) is 0 Å². The average molecular weight is 333 g/mol. The van der Waals surface area contributed by atoms with Gasteiger partial charge in [0.15, 0.2) is 5.82 Å². The van der Waals surface area contributed by atoms with E-state index in [1.807, 2.05) is 11.8 Å². The third-order valence-electron chi connectivity index (χ3n) is 2.83. The number of anilines is 1. The monoisotopic (exact) mass is 332 g/mol. The van der Waals surface area contributed by atoms with Gasteiger partial charge in [-0.1, -0.05) is 25.6 Å². The molecule has 0 amide bonds. The second-order valence-corrected chi connectivity index (χ2v) is 5.29. The van der Waals surface area contributed by atoms with E-state index in [0.29, 0.717) is 15.7 Å². The number of unbranched alkanes of at least 4 members (excludes halogenated alkanes) is 1. The quantitative estimate of drug-likeness (QED) is 0.802. The molecule has 2 N–H and O–H groups in total. The Morgan fingerprint density at radius 1 is 1.44 bits per heavy atom. The van der Waals surface area contributed by atoms with Crippen molar-refractivity contribution in [1.82, 2.24) is 0 Å². The van der Waals surface area contributed by atoms with E-state index in [2.05, 4.69) is 22.9 Å². The highest BCUT2D eigenvalue weighted by molar-refractivity contribution is 9.10. The van der Waals surface area contributed by atoms with Crippen molar-refractivity contribution < 1.29 is 4.39 Å². The Morgan fingerprint density at radius 2 is 2.11 bits per heavy atom. The Balaban J connectivity index is 3.09. The number of benzene rings is 1. The smallest absolute Gasteiger partial charge is 0.161 e. The fraction of sp³-hybridized carbons (Fsp3) is 0.462. The Labute approximate surface area is 121 Å². The standard InChI is InChI=1S/C13H18BrFN2S/c1-3-5-8-17(4-2)10-7-6-9(13(16)18)11(14)12(10)15/h6-7H,3-5,8H2,1-2H3,(H2,16,18). The van der Waals surface area contributed by atoms with Crippen molar-refractivity contribution in [2.75, 3.05) is 18.0 Å². The molecule has 0 atom stereocenters. The maximum absolute atomic E-state index is 14.3. The van der Waals surface area contributed by atoms with Gasteiger partial charge in [-0.3, -0.25) is 0 Å². The van der Waals surface area contributed by atoms with Crippen LogP contribution >= 0.6 is 28.1 Å². The molecular weight excluding hydrogens is 315 g/mol. The molecule has 100 valence electrons. The molecule has 0 aromatic heterocycles. The lowest BCUT2D eigenvalue weighted by atomic mass is 10.1. The first-order valence-electron chi connectivity index (χ1n) is 6.05. The maximum Gasteiger partial charge on any atom is 0.161 e. The largest absolute Gasteiger partial charge is 0.389 e. The predicted octanol–water partition coefficient (Wildman–Crippen LogP) is 3.85. The van der Waals surface area contributed by atoms with Gasteiger partial charge in [-0.05, 0) is 41.4 Å². The van der Waals surface area contributed by atoms with Crippen molar-refractivity contribution in [2.24, 2.45) is 5.73 Å². The van der Waals surface area contributed by atoms with Crippen molar-refractivity contribution in [1.29, 1.82) is 0 Å². The third-order valence-corrected chi connectivity index (χ3v) is 3.83. The van der Waals surface area contributed by atoms with E-state index in [0.717, 1.165) is 25.9 Å². The van der Waals surface area contributed by atoms with E-state index in [9.17, 15) is 4.39 Å². The summed E-state index contributed by atoms with van der Waals surface area (Å²) in [5.41, 5.74) is 6.68. The lowest BCUT2D eigenvalue weighted by molar-refractivity contribution is 0.607. The molecule has 0 spiro atoms. The van der Waals surface area contributed by atoms with Gasteiger partial charge in [-0.2, -0.15) is 0 Å². The van der Waals surface area contributed by atoms with E-state index in [1.165, 1.54) is 0 Å². The van der Waals surface area contributed by atoms with Crippen molar-refractivity contribution in [3.8, 4) is 0 Å². The van der Waals surface area contributed by atoms with Crippen molar-refractivity contribution in [2.45, 2.75) is 26.7 Å². The first-order valence-corrected chi connectivity index (χ1v) is 7.25. The van der Waals surface area contributed by atoms with Crippen LogP contribution in [0.1, 0.15) is 32.3 Å². The SMILES string of the molecule is CCCCN(CC)c1ccc(C(N)=S)c(Br)c1F. The summed E-state index contributed by atoms with van der Waals surface area (Å²) in [6, 6.07) is 3.51. The molecule has 0 aliphatic carbocycles. The first kappa shape index (κ1) is 15.4. The minimum absolute atomic E-state index is 0.198. The van der Waals surface area contributed by atoms with Gasteiger partial charge in [-0.15, -0.1) is 0 Å². The van der Waals surface area contributed by atoms with Gasteiger partial charge in [0, 0.05) is 18.7 Å². The zero-order chi connectivity index (χ0) is 13.7. The third kappa shape index (κ3) is 3.42. The highest BCUT2D eigenvalue weighted by Gasteiger charge is 2.16. The Morgan fingerprint density at radius 3 is 2.61 bits per heavy atom. The summed E-state index contributed by atoms with van der Waals surface area (Å²) in [7, 11) is 0. The molecule has 1 aromatic rings. The van der Waals surface area contributed by atoms with Gasteiger partial charge in [-0.25, -0.2) is 4.39 Å². The summed E-state index contributed by atoms with van der Waals surface area (Å²) in [6.45, 7) is 5.76. The van der Waals surface area contributed by atoms with Crippen molar-refractivity contribution in [3.63, 3.8) is 0 Å². The Kier molecular flexibility index (Phi) is 6.02. The van der Waals surface area contributed by atoms with Gasteiger partial charge in [0.2, 0.25) is 0 Å². The lowest BCUT2D eigenvalue weighted by Gasteiger charge is -2.24. The number of nitrogens with two attached hydrogens (primary N) is 1.